The first-order chi connectivity index (χ1) is 12.6. The molecule has 0 saturated carbocycles. The highest BCUT2D eigenvalue weighted by molar-refractivity contribution is 6.03. The number of unbranched alkanes of at least 4 members (excludes halogenated alkanes) is 1. The Kier molecular flexibility index (Phi) is 5.11. The van der Waals surface area contributed by atoms with Crippen molar-refractivity contribution in [3.63, 3.8) is 0 Å². The fraction of sp³-hybridized carbons (Fsp3) is 0.389. The van der Waals surface area contributed by atoms with Crippen LogP contribution < -0.4 is 21.4 Å². The van der Waals surface area contributed by atoms with Crippen molar-refractivity contribution in [2.45, 2.75) is 38.8 Å². The normalized spacial score (nSPS) is 16.2. The molecule has 26 heavy (non-hydrogen) atoms. The fourth-order valence-electron chi connectivity index (χ4n) is 3.08. The highest BCUT2D eigenvalue weighted by Gasteiger charge is 2.28. The summed E-state index contributed by atoms with van der Waals surface area (Å²) in [7, 11) is 1.59. The van der Waals surface area contributed by atoms with E-state index < -0.39 is 11.2 Å². The first-order valence-electron chi connectivity index (χ1n) is 8.58. The predicted molar refractivity (Wildman–Crippen MR) is 97.9 cm³/mol. The van der Waals surface area contributed by atoms with Gasteiger partial charge in [-0.1, -0.05) is 31.5 Å². The van der Waals surface area contributed by atoms with E-state index in [0.29, 0.717) is 30.8 Å². The maximum absolute atomic E-state index is 12.3. The number of aromatic amines is 1. The minimum atomic E-state index is -0.638. The Labute approximate surface area is 150 Å². The number of nitrogens with zero attached hydrogens (tertiary/aromatic N) is 2. The van der Waals surface area contributed by atoms with Crippen LogP contribution >= 0.6 is 0 Å². The predicted octanol–water partition coefficient (Wildman–Crippen LogP) is 1.49. The number of aromatic hydroxyl groups is 1. The van der Waals surface area contributed by atoms with Crippen LogP contribution in [-0.2, 0) is 6.54 Å². The Morgan fingerprint density at radius 2 is 2.12 bits per heavy atom. The molecular weight excluding hydrogens is 336 g/mol. The molecule has 0 fully saturated rings. The van der Waals surface area contributed by atoms with Crippen molar-refractivity contribution >= 4 is 5.71 Å². The van der Waals surface area contributed by atoms with Gasteiger partial charge in [0, 0.05) is 18.5 Å². The van der Waals surface area contributed by atoms with Crippen molar-refractivity contribution in [2.75, 3.05) is 7.11 Å². The number of ether oxygens (including phenoxy) is 1. The Morgan fingerprint density at radius 3 is 2.85 bits per heavy atom. The van der Waals surface area contributed by atoms with Crippen molar-refractivity contribution in [1.29, 1.82) is 0 Å². The molecule has 138 valence electrons. The molecule has 3 rings (SSSR count). The summed E-state index contributed by atoms with van der Waals surface area (Å²) in [5, 5.41) is 14.7. The van der Waals surface area contributed by atoms with E-state index in [9.17, 15) is 14.7 Å². The van der Waals surface area contributed by atoms with Gasteiger partial charge in [-0.2, -0.15) is 5.10 Å². The number of aromatic nitrogens is 2. The number of hydrogen-bond donors (Lipinski definition) is 3. The molecule has 8 heteroatoms. The smallest absolute Gasteiger partial charge is 0.331 e. The molecule has 0 radical (unpaired) electrons. The third-order valence-corrected chi connectivity index (χ3v) is 4.46. The van der Waals surface area contributed by atoms with Crippen LogP contribution in [0.15, 0.2) is 39.0 Å². The Morgan fingerprint density at radius 1 is 1.35 bits per heavy atom. The molecular formula is C18H22N4O4. The van der Waals surface area contributed by atoms with Crippen molar-refractivity contribution in [3.05, 3.63) is 56.2 Å². The van der Waals surface area contributed by atoms with E-state index in [1.54, 1.807) is 7.11 Å². The number of hydrogen-bond acceptors (Lipinski definition) is 6. The second kappa shape index (κ2) is 7.47. The molecule has 3 N–H and O–H groups in total. The first-order valence-corrected chi connectivity index (χ1v) is 8.58. The number of methoxy groups -OCH3 is 1. The Hall–Kier alpha value is -3.03. The molecule has 1 unspecified atom stereocenters. The van der Waals surface area contributed by atoms with Crippen molar-refractivity contribution in [2.24, 2.45) is 5.10 Å². The van der Waals surface area contributed by atoms with Crippen LogP contribution in [0.3, 0.4) is 0 Å². The number of benzene rings is 1. The molecule has 0 amide bonds. The lowest BCUT2D eigenvalue weighted by molar-refractivity contribution is 0.394. The molecule has 0 aliphatic carbocycles. The molecule has 0 saturated heterocycles. The summed E-state index contributed by atoms with van der Waals surface area (Å²) >= 11 is 0. The van der Waals surface area contributed by atoms with Crippen LogP contribution in [-0.4, -0.2) is 27.5 Å². The zero-order chi connectivity index (χ0) is 18.7. The second-order valence-electron chi connectivity index (χ2n) is 6.15. The van der Waals surface area contributed by atoms with Gasteiger partial charge >= 0.3 is 5.69 Å². The summed E-state index contributed by atoms with van der Waals surface area (Å²) in [6.45, 7) is 2.32. The zero-order valence-electron chi connectivity index (χ0n) is 14.8. The second-order valence-corrected chi connectivity index (χ2v) is 6.15. The van der Waals surface area contributed by atoms with Gasteiger partial charge in [-0.05, 0) is 12.5 Å². The van der Waals surface area contributed by atoms with E-state index in [4.69, 9.17) is 4.74 Å². The zero-order valence-corrected chi connectivity index (χ0v) is 14.8. The third-order valence-electron chi connectivity index (χ3n) is 4.46. The minimum absolute atomic E-state index is 0.0330. The summed E-state index contributed by atoms with van der Waals surface area (Å²) in [5.74, 6) is 0.376. The molecule has 2 aromatic rings. The van der Waals surface area contributed by atoms with Gasteiger partial charge in [-0.25, -0.2) is 4.79 Å². The van der Waals surface area contributed by atoms with Crippen molar-refractivity contribution < 1.29 is 9.84 Å². The van der Waals surface area contributed by atoms with Gasteiger partial charge in [0.2, 0.25) is 5.88 Å². The van der Waals surface area contributed by atoms with Crippen LogP contribution in [0.4, 0.5) is 0 Å². The largest absolute Gasteiger partial charge is 0.496 e. The maximum Gasteiger partial charge on any atom is 0.331 e. The standard InChI is InChI=1S/C18H22N4O4/c1-3-4-9-22-17(24)15(16(23)19-18(22)25)13-10-12(20-21-13)11-7-5-6-8-14(11)26-2/h5-8,12,20,24H,3-4,9-10H2,1-2H3,(H,19,23,25). The minimum Gasteiger partial charge on any atom is -0.496 e. The first kappa shape index (κ1) is 17.8. The average molecular weight is 358 g/mol. The van der Waals surface area contributed by atoms with E-state index in [2.05, 4.69) is 15.5 Å². The Balaban J connectivity index is 1.94. The summed E-state index contributed by atoms with van der Waals surface area (Å²) in [6.07, 6.45) is 1.97. The van der Waals surface area contributed by atoms with Crippen LogP contribution in [0.1, 0.15) is 43.4 Å². The maximum atomic E-state index is 12.3. The highest BCUT2D eigenvalue weighted by atomic mass is 16.5. The van der Waals surface area contributed by atoms with Gasteiger partial charge < -0.3 is 15.3 Å². The molecule has 1 aliphatic heterocycles. The molecule has 2 heterocycles. The third kappa shape index (κ3) is 3.22. The molecule has 1 aromatic carbocycles. The molecule has 1 aromatic heterocycles. The lowest BCUT2D eigenvalue weighted by Crippen LogP contribution is -2.33. The van der Waals surface area contributed by atoms with E-state index >= 15 is 0 Å². The van der Waals surface area contributed by atoms with Gasteiger partial charge in [0.05, 0.1) is 18.9 Å². The van der Waals surface area contributed by atoms with Crippen LogP contribution in [0, 0.1) is 0 Å². The molecule has 1 atom stereocenters. The molecule has 0 spiro atoms. The van der Waals surface area contributed by atoms with Crippen LogP contribution in [0.25, 0.3) is 0 Å². The van der Waals surface area contributed by atoms with E-state index in [1.807, 2.05) is 31.2 Å². The van der Waals surface area contributed by atoms with Gasteiger partial charge in [0.1, 0.15) is 11.3 Å². The van der Waals surface area contributed by atoms with E-state index in [-0.39, 0.29) is 17.5 Å². The van der Waals surface area contributed by atoms with E-state index in [0.717, 1.165) is 12.0 Å². The summed E-state index contributed by atoms with van der Waals surface area (Å²) < 4.78 is 6.55. The fourth-order valence-corrected chi connectivity index (χ4v) is 3.08. The Bertz CT molecular complexity index is 945. The SMILES string of the molecule is CCCCn1c(O)c(C2=NNC(c3ccccc3OC)C2)c(=O)[nH]c1=O. The van der Waals surface area contributed by atoms with Crippen LogP contribution in [0.5, 0.6) is 11.6 Å². The monoisotopic (exact) mass is 358 g/mol. The number of H-pyrrole nitrogens is 1. The van der Waals surface area contributed by atoms with Crippen molar-refractivity contribution in [1.82, 2.24) is 15.0 Å². The van der Waals surface area contributed by atoms with Crippen LogP contribution in [0.2, 0.25) is 0 Å². The van der Waals surface area contributed by atoms with E-state index in [1.165, 1.54) is 4.57 Å². The summed E-state index contributed by atoms with van der Waals surface area (Å²) in [4.78, 5) is 26.5. The highest BCUT2D eigenvalue weighted by Crippen LogP contribution is 2.31. The number of rotatable bonds is 6. The van der Waals surface area contributed by atoms with Gasteiger partial charge in [-0.3, -0.25) is 14.3 Å². The van der Waals surface area contributed by atoms with Gasteiger partial charge in [0.25, 0.3) is 5.56 Å². The quantitative estimate of drug-likeness (QED) is 0.725. The summed E-state index contributed by atoms with van der Waals surface area (Å²) in [6, 6.07) is 7.35. The number of hydrazone groups is 1. The summed E-state index contributed by atoms with van der Waals surface area (Å²) in [5.41, 5.74) is 3.08. The molecule has 0 bridgehead atoms. The van der Waals surface area contributed by atoms with Gasteiger partial charge in [-0.15, -0.1) is 0 Å². The van der Waals surface area contributed by atoms with Gasteiger partial charge in [0.15, 0.2) is 0 Å². The average Bonchev–Trinajstić information content (AvgIpc) is 3.10. The van der Waals surface area contributed by atoms with Crippen molar-refractivity contribution in [3.8, 4) is 11.6 Å². The number of nitrogens with one attached hydrogen (secondary N) is 2. The number of para-hydroxylation sites is 1. The molecule has 1 aliphatic rings. The lowest BCUT2D eigenvalue weighted by atomic mass is 9.99. The molecule has 8 nitrogen and oxygen atoms in total. The topological polar surface area (TPSA) is 109 Å². The lowest BCUT2D eigenvalue weighted by Gasteiger charge is -2.14.